The van der Waals surface area contributed by atoms with E-state index in [1.165, 1.54) is 12.5 Å². The molecule has 4 amide bonds. The van der Waals surface area contributed by atoms with Crippen molar-refractivity contribution in [2.75, 3.05) is 33.7 Å². The first kappa shape index (κ1) is 53.8. The zero-order valence-electron chi connectivity index (χ0n) is 41.5. The Hall–Kier alpha value is -6.18. The minimum absolute atomic E-state index is 0.0935. The fraction of sp³-hybridized carbons (Fsp3) is 0.560. The van der Waals surface area contributed by atoms with Crippen molar-refractivity contribution in [1.82, 2.24) is 66.8 Å². The van der Waals surface area contributed by atoms with E-state index in [1.807, 2.05) is 55.5 Å². The molecular weight excluding hydrogens is 879 g/mol. The average molecular weight is 952 g/mol. The van der Waals surface area contributed by atoms with Gasteiger partial charge in [0.05, 0.1) is 48.1 Å². The summed E-state index contributed by atoms with van der Waals surface area (Å²) in [7, 11) is 3.32. The number of carbonyl (C=O) groups excluding carboxylic acids is 6. The fourth-order valence-electron chi connectivity index (χ4n) is 8.67. The predicted octanol–water partition coefficient (Wildman–Crippen LogP) is 2.92. The highest BCUT2D eigenvalue weighted by Crippen LogP contribution is 2.25. The van der Waals surface area contributed by atoms with Gasteiger partial charge in [-0.3, -0.25) is 28.8 Å². The Morgan fingerprint density at radius 2 is 1.33 bits per heavy atom. The van der Waals surface area contributed by atoms with Crippen LogP contribution in [0.15, 0.2) is 73.1 Å². The fourth-order valence-corrected chi connectivity index (χ4v) is 8.67. The monoisotopic (exact) mass is 952 g/mol. The van der Waals surface area contributed by atoms with Crippen molar-refractivity contribution >= 4 is 35.2 Å². The van der Waals surface area contributed by atoms with E-state index in [4.69, 9.17) is 0 Å². The Labute approximate surface area is 406 Å². The minimum Gasteiger partial charge on any atom is -0.348 e. The van der Waals surface area contributed by atoms with Gasteiger partial charge in [-0.25, -0.2) is 9.36 Å². The molecule has 6 rings (SSSR count). The second kappa shape index (κ2) is 26.5. The summed E-state index contributed by atoms with van der Waals surface area (Å²) in [5, 5.41) is 34.8. The Balaban J connectivity index is 0.000000465. The maximum absolute atomic E-state index is 14.2. The van der Waals surface area contributed by atoms with Crippen LogP contribution in [0.2, 0.25) is 0 Å². The molecule has 2 saturated heterocycles. The Kier molecular flexibility index (Phi) is 20.7. The van der Waals surface area contributed by atoms with Gasteiger partial charge in [-0.05, 0) is 117 Å². The molecule has 2 aliphatic rings. The molecule has 0 unspecified atom stereocenters. The number of hydrogen-bond donors (Lipinski definition) is 6. The predicted molar refractivity (Wildman–Crippen MR) is 262 cm³/mol. The highest BCUT2D eigenvalue weighted by Gasteiger charge is 2.41. The summed E-state index contributed by atoms with van der Waals surface area (Å²) in [6.07, 6.45) is 9.31. The van der Waals surface area contributed by atoms with Crippen LogP contribution in [-0.2, 0) is 41.6 Å². The highest BCUT2D eigenvalue weighted by molar-refractivity contribution is 5.94. The summed E-state index contributed by atoms with van der Waals surface area (Å²) in [6, 6.07) is 15.7. The molecule has 0 radical (unpaired) electrons. The number of nitrogens with one attached hydrogen (secondary N) is 6. The van der Waals surface area contributed by atoms with E-state index in [-0.39, 0.29) is 48.0 Å². The maximum Gasteiger partial charge on any atom is 0.248 e. The Morgan fingerprint density at radius 3 is 1.88 bits per heavy atom. The summed E-state index contributed by atoms with van der Waals surface area (Å²) in [6.45, 7) is 12.2. The lowest BCUT2D eigenvalue weighted by Gasteiger charge is -2.32. The number of aromatic nitrogens is 6. The van der Waals surface area contributed by atoms with Gasteiger partial charge < -0.3 is 36.8 Å². The van der Waals surface area contributed by atoms with Crippen molar-refractivity contribution < 1.29 is 28.8 Å². The molecule has 19 heteroatoms. The SMILES string of the molecule is CNCC(=O)N[C@H](C(C)=O)[C@H](C)n1cc(CCCc2cn([C@@H](C)[C@H](NC(=O)[C@H](C)NC)C(=O)N3CCC[C@H]3C(=O)N[C@H](C)c3ccccc3)nn2)nn1.C[C@@H](CC(=O)[C@@H]1CCCN1)c1ccccc1. The van der Waals surface area contributed by atoms with Gasteiger partial charge in [0.15, 0.2) is 5.78 Å². The largest absolute Gasteiger partial charge is 0.348 e. The Bertz CT molecular complexity index is 2280. The molecule has 2 aromatic carbocycles. The maximum atomic E-state index is 14.2. The first-order valence-corrected chi connectivity index (χ1v) is 24.3. The van der Waals surface area contributed by atoms with Crippen LogP contribution in [-0.4, -0.2) is 134 Å². The number of rotatable bonds is 23. The van der Waals surface area contributed by atoms with E-state index in [9.17, 15) is 28.8 Å². The van der Waals surface area contributed by atoms with Gasteiger partial charge in [-0.1, -0.05) is 78.0 Å². The van der Waals surface area contributed by atoms with Crippen molar-refractivity contribution in [3.8, 4) is 0 Å². The van der Waals surface area contributed by atoms with Gasteiger partial charge in [0.25, 0.3) is 0 Å². The molecule has 2 aliphatic heterocycles. The lowest BCUT2D eigenvalue weighted by molar-refractivity contribution is -0.142. The van der Waals surface area contributed by atoms with Crippen LogP contribution in [0.4, 0.5) is 0 Å². The molecule has 374 valence electrons. The van der Waals surface area contributed by atoms with E-state index >= 15 is 0 Å². The lowest BCUT2D eigenvalue weighted by atomic mass is 9.93. The van der Waals surface area contributed by atoms with Crippen LogP contribution in [0.25, 0.3) is 0 Å². The molecule has 69 heavy (non-hydrogen) atoms. The lowest BCUT2D eigenvalue weighted by Crippen LogP contribution is -2.57. The van der Waals surface area contributed by atoms with Crippen LogP contribution in [0.3, 0.4) is 0 Å². The molecular formula is C50H73N13O6. The molecule has 0 saturated carbocycles. The number of Topliss-reactive ketones (excluding diaryl/α,β-unsaturated/α-hetero) is 2. The second-order valence-electron chi connectivity index (χ2n) is 18.4. The van der Waals surface area contributed by atoms with Crippen LogP contribution in [0.5, 0.6) is 0 Å². The third-order valence-corrected chi connectivity index (χ3v) is 13.1. The summed E-state index contributed by atoms with van der Waals surface area (Å²) >= 11 is 0. The molecule has 9 atom stereocenters. The van der Waals surface area contributed by atoms with Gasteiger partial charge in [0.1, 0.15) is 23.9 Å². The van der Waals surface area contributed by atoms with E-state index in [0.717, 1.165) is 30.6 Å². The summed E-state index contributed by atoms with van der Waals surface area (Å²) in [4.78, 5) is 78.7. The first-order valence-electron chi connectivity index (χ1n) is 24.3. The quantitative estimate of drug-likeness (QED) is 0.0628. The van der Waals surface area contributed by atoms with Gasteiger partial charge in [0, 0.05) is 25.4 Å². The van der Waals surface area contributed by atoms with Crippen molar-refractivity contribution in [3.63, 3.8) is 0 Å². The standard InChI is InChI=1S/C36H54N12O5.C14H19NO/c1-22(27-13-9-8-10-14-27)39-35(52)30-17-12-18-46(30)36(53)33(41-34(51)23(2)38-7)25(4)48-21-29(43-45-48)16-11-15-28-20-47(44-42-28)24(3)32(26(5)49)40-31(50)19-37-6;1-11(12-6-3-2-4-7-12)10-14(16)13-8-5-9-15-13/h8-10,13-14,20-25,30,32-33,37-38H,11-12,15-19H2,1-7H3,(H,39,52)(H,40,50)(H,41,51);2-4,6-7,11,13,15H,5,8-10H2,1H3/t22-,23+,24+,25+,30+,32+,33+;11-,13-/m10/s1. The zero-order valence-corrected chi connectivity index (χ0v) is 41.5. The molecule has 19 nitrogen and oxygen atoms in total. The molecule has 6 N–H and O–H groups in total. The number of likely N-dealkylation sites (N-methyl/N-ethyl adjacent to an activating group) is 2. The van der Waals surface area contributed by atoms with Crippen molar-refractivity contribution in [2.24, 2.45) is 0 Å². The molecule has 4 heterocycles. The number of hydrogen-bond acceptors (Lipinski definition) is 13. The zero-order chi connectivity index (χ0) is 50.0. The molecule has 4 aromatic rings. The van der Waals surface area contributed by atoms with Crippen molar-refractivity contribution in [2.45, 2.75) is 147 Å². The number of likely N-dealkylation sites (tertiary alicyclic amines) is 1. The Morgan fingerprint density at radius 1 is 0.739 bits per heavy atom. The molecule has 2 aromatic heterocycles. The molecule has 2 fully saturated rings. The first-order chi connectivity index (χ1) is 33.1. The summed E-state index contributed by atoms with van der Waals surface area (Å²) in [5.74, 6) is -0.721. The van der Waals surface area contributed by atoms with Gasteiger partial charge in [-0.2, -0.15) is 0 Å². The second-order valence-corrected chi connectivity index (χ2v) is 18.4. The third kappa shape index (κ3) is 15.4. The number of ketones is 2. The van der Waals surface area contributed by atoms with Crippen molar-refractivity contribution in [1.29, 1.82) is 0 Å². The van der Waals surface area contributed by atoms with Crippen LogP contribution in [0, 0.1) is 0 Å². The average Bonchev–Trinajstić information content (AvgIpc) is 4.21. The number of benzene rings is 2. The molecule has 0 aliphatic carbocycles. The topological polar surface area (TPSA) is 239 Å². The van der Waals surface area contributed by atoms with E-state index < -0.39 is 36.3 Å². The third-order valence-electron chi connectivity index (χ3n) is 13.1. The summed E-state index contributed by atoms with van der Waals surface area (Å²) in [5.41, 5.74) is 3.63. The number of amides is 4. The van der Waals surface area contributed by atoms with E-state index in [0.29, 0.717) is 62.5 Å². The van der Waals surface area contributed by atoms with E-state index in [2.05, 4.69) is 71.6 Å². The number of aryl methyl sites for hydroxylation is 2. The van der Waals surface area contributed by atoms with Crippen LogP contribution in [0.1, 0.15) is 127 Å². The van der Waals surface area contributed by atoms with Gasteiger partial charge >= 0.3 is 0 Å². The summed E-state index contributed by atoms with van der Waals surface area (Å²) < 4.78 is 3.16. The smallest absolute Gasteiger partial charge is 0.248 e. The van der Waals surface area contributed by atoms with Crippen LogP contribution < -0.4 is 31.9 Å². The normalized spacial score (nSPS) is 18.6. The van der Waals surface area contributed by atoms with Gasteiger partial charge in [0.2, 0.25) is 23.6 Å². The van der Waals surface area contributed by atoms with Crippen LogP contribution >= 0.6 is 0 Å². The number of carbonyl (C=O) groups is 6. The molecule has 0 spiro atoms. The van der Waals surface area contributed by atoms with Gasteiger partial charge in [-0.15, -0.1) is 10.2 Å². The van der Waals surface area contributed by atoms with E-state index in [1.54, 1.807) is 61.5 Å². The number of nitrogens with zero attached hydrogens (tertiary/aromatic N) is 7. The molecule has 0 bridgehead atoms. The highest BCUT2D eigenvalue weighted by atomic mass is 16.2. The minimum atomic E-state index is -1.01. The van der Waals surface area contributed by atoms with Crippen molar-refractivity contribution in [3.05, 3.63) is 95.6 Å².